The highest BCUT2D eigenvalue weighted by Crippen LogP contribution is 2.22. The Labute approximate surface area is 183 Å². The molecule has 0 aliphatic rings. The van der Waals surface area contributed by atoms with E-state index in [9.17, 15) is 28.4 Å². The van der Waals surface area contributed by atoms with E-state index in [1.165, 1.54) is 0 Å². The Kier molecular flexibility index (Phi) is 8.39. The molecule has 2 aromatic carbocycles. The Bertz CT molecular complexity index is 1030. The van der Waals surface area contributed by atoms with E-state index >= 15 is 0 Å². The number of hydrogen-bond acceptors (Lipinski definition) is 5. The van der Waals surface area contributed by atoms with E-state index in [2.05, 4.69) is 16.0 Å². The van der Waals surface area contributed by atoms with Crippen molar-refractivity contribution < 1.29 is 33.5 Å². The van der Waals surface area contributed by atoms with Crippen molar-refractivity contribution in [1.29, 1.82) is 0 Å². The maximum atomic E-state index is 12.7. The van der Waals surface area contributed by atoms with Crippen molar-refractivity contribution in [3.05, 3.63) is 42.5 Å². The number of hydrogen-bond donors (Lipinski definition) is 4. The number of rotatable bonds is 9. The predicted molar refractivity (Wildman–Crippen MR) is 115 cm³/mol. The third-order valence-corrected chi connectivity index (χ3v) is 4.70. The lowest BCUT2D eigenvalue weighted by molar-refractivity contribution is -0.141. The minimum atomic E-state index is -1.59. The van der Waals surface area contributed by atoms with Gasteiger partial charge in [0.25, 0.3) is 0 Å². The maximum absolute atomic E-state index is 12.7. The van der Waals surface area contributed by atoms with E-state index in [1.54, 1.807) is 38.1 Å². The van der Waals surface area contributed by atoms with Crippen molar-refractivity contribution in [2.45, 2.75) is 32.4 Å². The lowest BCUT2D eigenvalue weighted by Gasteiger charge is -2.24. The number of ketones is 1. The number of Topliss-reactive ketones (excluding diaryl/α,β-unsaturated/α-hetero) is 1. The average Bonchev–Trinajstić information content (AvgIpc) is 2.75. The van der Waals surface area contributed by atoms with Crippen LogP contribution in [0.5, 0.6) is 0 Å². The lowest BCUT2D eigenvalue weighted by Crippen LogP contribution is -2.55. The smallest absolute Gasteiger partial charge is 0.313 e. The normalized spacial score (nSPS) is 12.6. The topological polar surface area (TPSA) is 142 Å². The van der Waals surface area contributed by atoms with Crippen molar-refractivity contribution in [2.24, 2.45) is 5.92 Å². The minimum absolute atomic E-state index is 0.406. The van der Waals surface area contributed by atoms with Gasteiger partial charge in [0, 0.05) is 11.1 Å². The van der Waals surface area contributed by atoms with Crippen LogP contribution in [0, 0.1) is 5.92 Å². The van der Waals surface area contributed by atoms with E-state index in [-0.39, 0.29) is 0 Å². The van der Waals surface area contributed by atoms with Gasteiger partial charge in [0.2, 0.25) is 5.91 Å². The van der Waals surface area contributed by atoms with Crippen LogP contribution in [0.3, 0.4) is 0 Å². The highest BCUT2D eigenvalue weighted by molar-refractivity contribution is 6.40. The van der Waals surface area contributed by atoms with Gasteiger partial charge in [-0.1, -0.05) is 50.2 Å². The first-order valence-corrected chi connectivity index (χ1v) is 9.84. The number of aliphatic carboxylic acids is 1. The summed E-state index contributed by atoms with van der Waals surface area (Å²) in [6.07, 6.45) is -0.811. The molecular weight excluding hydrogens is 421 g/mol. The molecule has 0 heterocycles. The van der Waals surface area contributed by atoms with Crippen molar-refractivity contribution in [3.8, 4) is 0 Å². The number of amides is 3. The number of benzene rings is 2. The summed E-state index contributed by atoms with van der Waals surface area (Å²) >= 11 is 0. The number of alkyl halides is 1. The third kappa shape index (κ3) is 6.34. The first-order chi connectivity index (χ1) is 15.1. The molecule has 9 nitrogen and oxygen atoms in total. The number of nitrogens with one attached hydrogen (secondary N) is 3. The average molecular weight is 445 g/mol. The number of carbonyl (C=O) groups is 5. The number of fused-ring (bicyclic) bond motifs is 1. The molecule has 0 fully saturated rings. The second-order valence-electron chi connectivity index (χ2n) is 7.43. The molecular formula is C22H24FN3O6. The second-order valence-corrected chi connectivity index (χ2v) is 7.43. The summed E-state index contributed by atoms with van der Waals surface area (Å²) in [5.74, 6) is -6.05. The highest BCUT2D eigenvalue weighted by atomic mass is 19.1. The Morgan fingerprint density at radius 2 is 1.59 bits per heavy atom. The number of carbonyl (C=O) groups excluding carboxylic acids is 4. The van der Waals surface area contributed by atoms with Crippen molar-refractivity contribution >= 4 is 45.9 Å². The molecule has 0 saturated carbocycles. The molecule has 2 atom stereocenters. The molecule has 170 valence electrons. The number of halogens is 1. The van der Waals surface area contributed by atoms with Gasteiger partial charge < -0.3 is 21.1 Å². The Hall–Kier alpha value is -3.82. The molecule has 0 spiro atoms. The van der Waals surface area contributed by atoms with Crippen LogP contribution in [0.25, 0.3) is 10.8 Å². The fourth-order valence-corrected chi connectivity index (χ4v) is 3.03. The van der Waals surface area contributed by atoms with E-state index in [0.717, 1.165) is 10.8 Å². The second kappa shape index (κ2) is 11.0. The lowest BCUT2D eigenvalue weighted by atomic mass is 10.0. The maximum Gasteiger partial charge on any atom is 0.313 e. The zero-order chi connectivity index (χ0) is 23.8. The summed E-state index contributed by atoms with van der Waals surface area (Å²) in [5.41, 5.74) is 0.406. The quantitative estimate of drug-likeness (QED) is 0.430. The largest absolute Gasteiger partial charge is 0.481 e. The summed E-state index contributed by atoms with van der Waals surface area (Å²) in [6, 6.07) is 9.56. The molecule has 0 radical (unpaired) electrons. The summed E-state index contributed by atoms with van der Waals surface area (Å²) in [4.78, 5) is 59.9. The Morgan fingerprint density at radius 3 is 2.22 bits per heavy atom. The zero-order valence-electron chi connectivity index (χ0n) is 17.6. The zero-order valence-corrected chi connectivity index (χ0v) is 17.6. The molecule has 10 heteroatoms. The molecule has 3 amide bonds. The van der Waals surface area contributed by atoms with Gasteiger partial charge in [-0.15, -0.1) is 0 Å². The first kappa shape index (κ1) is 24.4. The molecule has 0 saturated heterocycles. The van der Waals surface area contributed by atoms with Gasteiger partial charge in [-0.3, -0.25) is 24.0 Å². The highest BCUT2D eigenvalue weighted by Gasteiger charge is 2.31. The fourth-order valence-electron chi connectivity index (χ4n) is 3.03. The summed E-state index contributed by atoms with van der Waals surface area (Å²) in [6.45, 7) is 1.71. The van der Waals surface area contributed by atoms with E-state index in [0.29, 0.717) is 5.69 Å². The van der Waals surface area contributed by atoms with Gasteiger partial charge in [-0.25, -0.2) is 4.39 Å². The summed E-state index contributed by atoms with van der Waals surface area (Å²) < 4.78 is 12.7. The van der Waals surface area contributed by atoms with Crippen LogP contribution < -0.4 is 16.0 Å². The van der Waals surface area contributed by atoms with Crippen LogP contribution in [0.15, 0.2) is 42.5 Å². The van der Waals surface area contributed by atoms with Crippen LogP contribution in [0.4, 0.5) is 10.1 Å². The van der Waals surface area contributed by atoms with Gasteiger partial charge >= 0.3 is 17.8 Å². The van der Waals surface area contributed by atoms with Gasteiger partial charge in [-0.2, -0.15) is 0 Å². The molecule has 0 aromatic heterocycles. The van der Waals surface area contributed by atoms with E-state index in [4.69, 9.17) is 5.11 Å². The summed E-state index contributed by atoms with van der Waals surface area (Å²) in [7, 11) is 0. The van der Waals surface area contributed by atoms with Crippen LogP contribution in [0.2, 0.25) is 0 Å². The third-order valence-electron chi connectivity index (χ3n) is 4.70. The van der Waals surface area contributed by atoms with Crippen molar-refractivity contribution in [2.75, 3.05) is 12.0 Å². The summed E-state index contributed by atoms with van der Waals surface area (Å²) in [5, 5.41) is 17.4. The fraction of sp³-hybridized carbons (Fsp3) is 0.318. The SMILES string of the molecule is CC(C)[C@H](NC(=O)C(=O)Nc1cccc2ccccc12)C(=O)NC(CC(=O)O)C(=O)CF. The van der Waals surface area contributed by atoms with Crippen LogP contribution in [-0.4, -0.2) is 53.3 Å². The monoisotopic (exact) mass is 445 g/mol. The minimum Gasteiger partial charge on any atom is -0.481 e. The van der Waals surface area contributed by atoms with Crippen LogP contribution in [0.1, 0.15) is 20.3 Å². The Balaban J connectivity index is 2.11. The van der Waals surface area contributed by atoms with Gasteiger partial charge in [0.1, 0.15) is 18.8 Å². The van der Waals surface area contributed by atoms with Crippen LogP contribution in [-0.2, 0) is 24.0 Å². The number of anilines is 1. The number of carboxylic acids is 1. The number of carboxylic acid groups (broad SMARTS) is 1. The molecule has 32 heavy (non-hydrogen) atoms. The standard InChI is InChI=1S/C22H24FN3O6/c1-12(2)19(20(30)25-16(10-18(28)29)17(27)11-23)26-22(32)21(31)24-15-9-5-7-13-6-3-4-8-14(13)15/h3-9,12,16,19H,10-11H2,1-2H3,(H,24,31)(H,25,30)(H,26,32)(H,28,29)/t16?,19-/m0/s1. The van der Waals surface area contributed by atoms with Crippen LogP contribution >= 0.6 is 0 Å². The molecule has 0 aliphatic carbocycles. The van der Waals surface area contributed by atoms with E-state index in [1.807, 2.05) is 18.2 Å². The molecule has 1 unspecified atom stereocenters. The first-order valence-electron chi connectivity index (χ1n) is 9.84. The van der Waals surface area contributed by atoms with Crippen molar-refractivity contribution in [1.82, 2.24) is 10.6 Å². The predicted octanol–water partition coefficient (Wildman–Crippen LogP) is 1.42. The molecule has 2 rings (SSSR count). The Morgan fingerprint density at radius 1 is 0.938 bits per heavy atom. The van der Waals surface area contributed by atoms with Gasteiger partial charge in [0.05, 0.1) is 6.42 Å². The molecule has 0 aliphatic heterocycles. The molecule has 4 N–H and O–H groups in total. The van der Waals surface area contributed by atoms with Gasteiger partial charge in [0.15, 0.2) is 5.78 Å². The van der Waals surface area contributed by atoms with Crippen molar-refractivity contribution in [3.63, 3.8) is 0 Å². The molecule has 2 aromatic rings. The molecule has 0 bridgehead atoms. The van der Waals surface area contributed by atoms with E-state index < -0.39 is 60.6 Å². The van der Waals surface area contributed by atoms with Gasteiger partial charge in [-0.05, 0) is 17.4 Å².